The first-order valence-corrected chi connectivity index (χ1v) is 14.7. The number of nitrogens with zero attached hydrogens (tertiary/aromatic N) is 3. The molecular weight excluding hydrogens is 618 g/mol. The molecule has 5 rings (SSSR count). The Bertz CT molecular complexity index is 1940. The SMILES string of the molecule is CCOC(=O)C1=C(C)N=c2s/c(=C\c3cc(Br)ccc3OCc3ccccc3C#N)c(=O)n2[C@H]1c1cccc(OC)c1. The van der Waals surface area contributed by atoms with Crippen molar-refractivity contribution in [3.63, 3.8) is 0 Å². The number of benzene rings is 3. The summed E-state index contributed by atoms with van der Waals surface area (Å²) in [6.45, 7) is 3.86. The number of methoxy groups -OCH3 is 1. The molecule has 4 aromatic rings. The van der Waals surface area contributed by atoms with Gasteiger partial charge in [0.2, 0.25) is 0 Å². The van der Waals surface area contributed by atoms with E-state index < -0.39 is 12.0 Å². The van der Waals surface area contributed by atoms with E-state index in [1.165, 1.54) is 15.9 Å². The summed E-state index contributed by atoms with van der Waals surface area (Å²) in [5, 5.41) is 9.44. The highest BCUT2D eigenvalue weighted by Crippen LogP contribution is 2.32. The number of aromatic nitrogens is 1. The molecule has 8 nitrogen and oxygen atoms in total. The molecule has 0 unspecified atom stereocenters. The van der Waals surface area contributed by atoms with Gasteiger partial charge in [-0.05, 0) is 61.9 Å². The Balaban J connectivity index is 1.63. The van der Waals surface area contributed by atoms with Crippen molar-refractivity contribution in [2.45, 2.75) is 26.5 Å². The van der Waals surface area contributed by atoms with Crippen LogP contribution in [0.25, 0.3) is 6.08 Å². The molecule has 212 valence electrons. The lowest BCUT2D eigenvalue weighted by Gasteiger charge is -2.25. The van der Waals surface area contributed by atoms with Gasteiger partial charge >= 0.3 is 5.97 Å². The van der Waals surface area contributed by atoms with Crippen molar-refractivity contribution >= 4 is 39.3 Å². The van der Waals surface area contributed by atoms with E-state index in [0.29, 0.717) is 48.8 Å². The minimum Gasteiger partial charge on any atom is -0.497 e. The fourth-order valence-electron chi connectivity index (χ4n) is 4.73. The van der Waals surface area contributed by atoms with E-state index in [2.05, 4.69) is 27.0 Å². The van der Waals surface area contributed by atoms with E-state index in [1.807, 2.05) is 42.5 Å². The number of esters is 1. The summed E-state index contributed by atoms with van der Waals surface area (Å²) in [5.74, 6) is 0.618. The first kappa shape index (κ1) is 29.0. The van der Waals surface area contributed by atoms with Gasteiger partial charge in [-0.3, -0.25) is 9.36 Å². The van der Waals surface area contributed by atoms with E-state index >= 15 is 0 Å². The van der Waals surface area contributed by atoms with Crippen molar-refractivity contribution in [3.8, 4) is 17.6 Å². The number of carbonyl (C=O) groups excluding carboxylic acids is 1. The predicted octanol–water partition coefficient (Wildman–Crippen LogP) is 5.02. The molecule has 0 amide bonds. The summed E-state index contributed by atoms with van der Waals surface area (Å²) >= 11 is 4.75. The monoisotopic (exact) mass is 643 g/mol. The third-order valence-electron chi connectivity index (χ3n) is 6.71. The van der Waals surface area contributed by atoms with Gasteiger partial charge in [-0.2, -0.15) is 5.26 Å². The van der Waals surface area contributed by atoms with Crippen LogP contribution in [0.1, 0.15) is 42.1 Å². The molecule has 42 heavy (non-hydrogen) atoms. The highest BCUT2D eigenvalue weighted by atomic mass is 79.9. The summed E-state index contributed by atoms with van der Waals surface area (Å²) in [7, 11) is 1.56. The highest BCUT2D eigenvalue weighted by Gasteiger charge is 2.33. The lowest BCUT2D eigenvalue weighted by Crippen LogP contribution is -2.39. The Morgan fingerprint density at radius 3 is 2.74 bits per heavy atom. The number of hydrogen-bond acceptors (Lipinski definition) is 8. The summed E-state index contributed by atoms with van der Waals surface area (Å²) in [6, 6.07) is 21.5. The van der Waals surface area contributed by atoms with Gasteiger partial charge in [-0.15, -0.1) is 0 Å². The zero-order valence-electron chi connectivity index (χ0n) is 23.1. The van der Waals surface area contributed by atoms with Crippen LogP contribution in [-0.4, -0.2) is 24.3 Å². The van der Waals surface area contributed by atoms with Crippen molar-refractivity contribution in [2.75, 3.05) is 13.7 Å². The van der Waals surface area contributed by atoms with E-state index in [1.54, 1.807) is 51.3 Å². The maximum atomic E-state index is 14.0. The zero-order chi connectivity index (χ0) is 29.8. The van der Waals surface area contributed by atoms with Crippen LogP contribution in [-0.2, 0) is 16.1 Å². The normalized spacial score (nSPS) is 14.5. The van der Waals surface area contributed by atoms with Crippen LogP contribution >= 0.6 is 27.3 Å². The molecule has 10 heteroatoms. The van der Waals surface area contributed by atoms with Crippen molar-refractivity contribution in [1.82, 2.24) is 4.57 Å². The number of rotatable bonds is 8. The quantitative estimate of drug-likeness (QED) is 0.250. The topological polar surface area (TPSA) is 103 Å². The number of nitriles is 1. The Kier molecular flexibility index (Phi) is 8.71. The second kappa shape index (κ2) is 12.6. The minimum atomic E-state index is -0.752. The van der Waals surface area contributed by atoms with Crippen LogP contribution in [0.3, 0.4) is 0 Å². The molecule has 0 radical (unpaired) electrons. The van der Waals surface area contributed by atoms with Gasteiger partial charge in [0.25, 0.3) is 5.56 Å². The number of fused-ring (bicyclic) bond motifs is 1. The molecule has 0 N–H and O–H groups in total. The Labute approximate surface area is 254 Å². The molecule has 1 aromatic heterocycles. The lowest BCUT2D eigenvalue weighted by atomic mass is 9.95. The van der Waals surface area contributed by atoms with Crippen molar-refractivity contribution < 1.29 is 19.0 Å². The van der Waals surface area contributed by atoms with Crippen LogP contribution in [0.5, 0.6) is 11.5 Å². The second-order valence-corrected chi connectivity index (χ2v) is 11.2. The maximum Gasteiger partial charge on any atom is 0.338 e. The Morgan fingerprint density at radius 1 is 1.17 bits per heavy atom. The molecule has 1 aliphatic rings. The van der Waals surface area contributed by atoms with Gasteiger partial charge in [0, 0.05) is 15.6 Å². The molecule has 0 fully saturated rings. The number of halogens is 1. The first-order valence-electron chi connectivity index (χ1n) is 13.1. The summed E-state index contributed by atoms with van der Waals surface area (Å²) in [6.07, 6.45) is 1.76. The van der Waals surface area contributed by atoms with Gasteiger partial charge in [0.05, 0.1) is 47.2 Å². The fraction of sp³-hybridized carbons (Fsp3) is 0.188. The first-order chi connectivity index (χ1) is 20.3. The standard InChI is InChI=1S/C32H26BrN3O5S/c1-4-40-31(38)28-19(2)35-32-36(29(28)20-10-7-11-25(15-20)39-3)30(37)27(42-32)16-23-14-24(33)12-13-26(23)41-18-22-9-6-5-8-21(22)17-34/h5-16,29H,4,18H2,1-3H3/b27-16-/t29-/m0/s1. The van der Waals surface area contributed by atoms with Gasteiger partial charge in [-0.1, -0.05) is 57.6 Å². The van der Waals surface area contributed by atoms with Gasteiger partial charge < -0.3 is 14.2 Å². The molecule has 0 saturated heterocycles. The molecule has 0 aliphatic carbocycles. The summed E-state index contributed by atoms with van der Waals surface area (Å²) in [4.78, 5) is 32.3. The fourth-order valence-corrected chi connectivity index (χ4v) is 6.15. The zero-order valence-corrected chi connectivity index (χ0v) is 25.5. The van der Waals surface area contributed by atoms with Crippen LogP contribution in [0.15, 0.2) is 92.3 Å². The van der Waals surface area contributed by atoms with Crippen LogP contribution in [0, 0.1) is 11.3 Å². The average Bonchev–Trinajstić information content (AvgIpc) is 3.30. The van der Waals surface area contributed by atoms with Crippen molar-refractivity contribution in [2.24, 2.45) is 4.99 Å². The predicted molar refractivity (Wildman–Crippen MR) is 163 cm³/mol. The number of hydrogen-bond donors (Lipinski definition) is 0. The van der Waals surface area contributed by atoms with Crippen molar-refractivity contribution in [3.05, 3.63) is 124 Å². The van der Waals surface area contributed by atoms with E-state index in [9.17, 15) is 14.9 Å². The van der Waals surface area contributed by atoms with Crippen LogP contribution < -0.4 is 24.4 Å². The largest absolute Gasteiger partial charge is 0.497 e. The van der Waals surface area contributed by atoms with E-state index in [-0.39, 0.29) is 18.8 Å². The van der Waals surface area contributed by atoms with Crippen LogP contribution in [0.4, 0.5) is 0 Å². The molecule has 0 spiro atoms. The summed E-state index contributed by atoms with van der Waals surface area (Å²) < 4.78 is 19.7. The molecule has 2 heterocycles. The van der Waals surface area contributed by atoms with E-state index in [0.717, 1.165) is 10.0 Å². The molecule has 3 aromatic carbocycles. The third kappa shape index (κ3) is 5.79. The van der Waals surface area contributed by atoms with Gasteiger partial charge in [-0.25, -0.2) is 9.79 Å². The molecular formula is C32H26BrN3O5S. The van der Waals surface area contributed by atoms with Gasteiger partial charge in [0.15, 0.2) is 4.80 Å². The Hall–Kier alpha value is -4.46. The lowest BCUT2D eigenvalue weighted by molar-refractivity contribution is -0.139. The third-order valence-corrected chi connectivity index (χ3v) is 8.18. The number of thiazole rings is 1. The summed E-state index contributed by atoms with van der Waals surface area (Å²) in [5.41, 5.74) is 3.14. The second-order valence-electron chi connectivity index (χ2n) is 9.32. The van der Waals surface area contributed by atoms with Crippen molar-refractivity contribution in [1.29, 1.82) is 5.26 Å². The van der Waals surface area contributed by atoms with E-state index in [4.69, 9.17) is 14.2 Å². The molecule has 1 atom stereocenters. The minimum absolute atomic E-state index is 0.186. The number of carbonyl (C=O) groups is 1. The molecule has 0 saturated carbocycles. The van der Waals surface area contributed by atoms with Crippen LogP contribution in [0.2, 0.25) is 0 Å². The molecule has 1 aliphatic heterocycles. The number of ether oxygens (including phenoxy) is 3. The smallest absolute Gasteiger partial charge is 0.338 e. The molecule has 0 bridgehead atoms. The highest BCUT2D eigenvalue weighted by molar-refractivity contribution is 9.10. The number of allylic oxidation sites excluding steroid dienone is 1. The van der Waals surface area contributed by atoms with Gasteiger partial charge in [0.1, 0.15) is 18.1 Å². The Morgan fingerprint density at radius 2 is 1.98 bits per heavy atom. The maximum absolute atomic E-state index is 14.0. The average molecular weight is 645 g/mol.